The van der Waals surface area contributed by atoms with Crippen molar-refractivity contribution >= 4 is 21.9 Å². The fraction of sp³-hybridized carbons (Fsp3) is 0.467. The number of hydrogen-bond acceptors (Lipinski definition) is 4. The van der Waals surface area contributed by atoms with Crippen LogP contribution in [0.2, 0.25) is 0 Å². The molecule has 2 rings (SSSR count). The summed E-state index contributed by atoms with van der Waals surface area (Å²) in [5.41, 5.74) is 0.750. The van der Waals surface area contributed by atoms with E-state index in [1.807, 2.05) is 0 Å². The highest BCUT2D eigenvalue weighted by Crippen LogP contribution is 2.34. The van der Waals surface area contributed by atoms with Gasteiger partial charge in [-0.1, -0.05) is 19.1 Å². The molecule has 1 saturated carbocycles. The van der Waals surface area contributed by atoms with Crippen LogP contribution < -0.4 is 10.0 Å². The molecule has 1 aromatic carbocycles. The molecule has 0 saturated heterocycles. The topological polar surface area (TPSA) is 113 Å². The van der Waals surface area contributed by atoms with Crippen LogP contribution in [-0.4, -0.2) is 31.9 Å². The molecule has 1 fully saturated rings. The summed E-state index contributed by atoms with van der Waals surface area (Å²) in [5.74, 6) is -2.27. The van der Waals surface area contributed by atoms with E-state index in [0.717, 1.165) is 5.56 Å². The van der Waals surface area contributed by atoms with E-state index in [4.69, 9.17) is 5.11 Å². The molecule has 0 aromatic heterocycles. The Balaban J connectivity index is 1.92. The Morgan fingerprint density at radius 3 is 2.26 bits per heavy atom. The summed E-state index contributed by atoms with van der Waals surface area (Å²) in [6, 6.07) is 6.20. The van der Waals surface area contributed by atoms with Crippen molar-refractivity contribution in [2.45, 2.75) is 31.2 Å². The van der Waals surface area contributed by atoms with E-state index >= 15 is 0 Å². The van der Waals surface area contributed by atoms with Crippen LogP contribution in [0.4, 0.5) is 0 Å². The van der Waals surface area contributed by atoms with Crippen molar-refractivity contribution in [1.82, 2.24) is 10.0 Å². The first kappa shape index (κ1) is 17.4. The van der Waals surface area contributed by atoms with Crippen molar-refractivity contribution in [3.63, 3.8) is 0 Å². The maximum Gasteiger partial charge on any atom is 0.307 e. The molecule has 1 aliphatic carbocycles. The highest BCUT2D eigenvalue weighted by molar-refractivity contribution is 7.89. The molecular formula is C15H20N2O5S. The Labute approximate surface area is 135 Å². The number of sulfonamides is 1. The van der Waals surface area contributed by atoms with Gasteiger partial charge in [0.1, 0.15) is 0 Å². The molecule has 2 unspecified atom stereocenters. The SMILES string of the molecule is CCNS(=O)(=O)c1ccc(CNC(=O)C2CCC2C(=O)O)cc1. The number of rotatable bonds is 7. The molecule has 1 aromatic rings. The van der Waals surface area contributed by atoms with Crippen molar-refractivity contribution in [3.05, 3.63) is 29.8 Å². The van der Waals surface area contributed by atoms with Gasteiger partial charge in [0.05, 0.1) is 16.7 Å². The maximum atomic E-state index is 11.9. The van der Waals surface area contributed by atoms with Crippen LogP contribution in [0.15, 0.2) is 29.2 Å². The van der Waals surface area contributed by atoms with E-state index in [9.17, 15) is 18.0 Å². The number of amides is 1. The molecule has 1 aliphatic rings. The second-order valence-corrected chi connectivity index (χ2v) is 7.26. The standard InChI is InChI=1S/C15H20N2O5S/c1-2-17-23(21,22)11-5-3-10(4-6-11)9-16-14(18)12-7-8-13(12)15(19)20/h3-6,12-13,17H,2,7-9H2,1H3,(H,16,18)(H,19,20). The van der Waals surface area contributed by atoms with Crippen LogP contribution in [0.5, 0.6) is 0 Å². The molecule has 8 heteroatoms. The number of nitrogens with one attached hydrogen (secondary N) is 2. The van der Waals surface area contributed by atoms with Gasteiger partial charge in [-0.2, -0.15) is 0 Å². The molecule has 126 valence electrons. The van der Waals surface area contributed by atoms with E-state index in [2.05, 4.69) is 10.0 Å². The lowest BCUT2D eigenvalue weighted by atomic mass is 9.73. The summed E-state index contributed by atoms with van der Waals surface area (Å²) in [7, 11) is -3.49. The molecule has 1 amide bonds. The summed E-state index contributed by atoms with van der Waals surface area (Å²) in [5, 5.41) is 11.6. The summed E-state index contributed by atoms with van der Waals surface area (Å²) in [4.78, 5) is 23.0. The Hall–Kier alpha value is -1.93. The largest absolute Gasteiger partial charge is 0.481 e. The van der Waals surface area contributed by atoms with Crippen LogP contribution in [0.25, 0.3) is 0 Å². The second-order valence-electron chi connectivity index (χ2n) is 5.49. The Morgan fingerprint density at radius 1 is 1.17 bits per heavy atom. The molecule has 2 atom stereocenters. The van der Waals surface area contributed by atoms with Crippen LogP contribution >= 0.6 is 0 Å². The number of benzene rings is 1. The summed E-state index contributed by atoms with van der Waals surface area (Å²) >= 11 is 0. The maximum absolute atomic E-state index is 11.9. The van der Waals surface area contributed by atoms with E-state index in [0.29, 0.717) is 19.4 Å². The fourth-order valence-electron chi connectivity index (χ4n) is 2.49. The van der Waals surface area contributed by atoms with Gasteiger partial charge in [-0.15, -0.1) is 0 Å². The highest BCUT2D eigenvalue weighted by Gasteiger charge is 2.41. The first-order valence-corrected chi connectivity index (χ1v) is 8.92. The normalized spacial score (nSPS) is 20.6. The molecule has 23 heavy (non-hydrogen) atoms. The molecule has 0 radical (unpaired) electrons. The first-order chi connectivity index (χ1) is 10.8. The van der Waals surface area contributed by atoms with Gasteiger partial charge in [0.2, 0.25) is 15.9 Å². The Kier molecular flexibility index (Phi) is 5.38. The zero-order valence-electron chi connectivity index (χ0n) is 12.8. The molecule has 0 bridgehead atoms. The minimum absolute atomic E-state index is 0.166. The van der Waals surface area contributed by atoms with E-state index < -0.39 is 27.8 Å². The average molecular weight is 340 g/mol. The van der Waals surface area contributed by atoms with Gasteiger partial charge in [0, 0.05) is 13.1 Å². The zero-order chi connectivity index (χ0) is 17.0. The Morgan fingerprint density at radius 2 is 1.78 bits per heavy atom. The van der Waals surface area contributed by atoms with Crippen LogP contribution in [-0.2, 0) is 26.2 Å². The molecule has 3 N–H and O–H groups in total. The van der Waals surface area contributed by atoms with Crippen molar-refractivity contribution in [1.29, 1.82) is 0 Å². The third-order valence-electron chi connectivity index (χ3n) is 3.96. The third-order valence-corrected chi connectivity index (χ3v) is 5.52. The second kappa shape index (κ2) is 7.10. The molecule has 0 heterocycles. The zero-order valence-corrected chi connectivity index (χ0v) is 13.6. The van der Waals surface area contributed by atoms with Crippen LogP contribution in [0, 0.1) is 11.8 Å². The van der Waals surface area contributed by atoms with E-state index in [1.165, 1.54) is 12.1 Å². The summed E-state index contributed by atoms with van der Waals surface area (Å²) < 4.78 is 26.0. The van der Waals surface area contributed by atoms with Gasteiger partial charge in [-0.05, 0) is 30.5 Å². The van der Waals surface area contributed by atoms with E-state index in [-0.39, 0.29) is 17.3 Å². The van der Waals surface area contributed by atoms with Gasteiger partial charge >= 0.3 is 5.97 Å². The molecule has 0 spiro atoms. The predicted molar refractivity (Wildman–Crippen MR) is 83.0 cm³/mol. The number of carbonyl (C=O) groups is 2. The van der Waals surface area contributed by atoms with Gasteiger partial charge in [0.15, 0.2) is 0 Å². The first-order valence-electron chi connectivity index (χ1n) is 7.44. The minimum Gasteiger partial charge on any atom is -0.481 e. The van der Waals surface area contributed by atoms with Gasteiger partial charge in [-0.3, -0.25) is 9.59 Å². The monoisotopic (exact) mass is 340 g/mol. The van der Waals surface area contributed by atoms with Crippen molar-refractivity contribution in [3.8, 4) is 0 Å². The lowest BCUT2D eigenvalue weighted by molar-refractivity contribution is -0.152. The Bertz CT molecular complexity index is 684. The van der Waals surface area contributed by atoms with Gasteiger partial charge in [0.25, 0.3) is 0 Å². The fourth-order valence-corrected chi connectivity index (χ4v) is 3.53. The average Bonchev–Trinajstić information content (AvgIpc) is 2.43. The lowest BCUT2D eigenvalue weighted by Crippen LogP contribution is -2.43. The van der Waals surface area contributed by atoms with Gasteiger partial charge in [-0.25, -0.2) is 13.1 Å². The summed E-state index contributed by atoms with van der Waals surface area (Å²) in [6.07, 6.45) is 1.12. The third kappa shape index (κ3) is 4.08. The van der Waals surface area contributed by atoms with Crippen LogP contribution in [0.1, 0.15) is 25.3 Å². The number of carboxylic acids is 1. The predicted octanol–water partition coefficient (Wildman–Crippen LogP) is 0.712. The number of hydrogen-bond donors (Lipinski definition) is 3. The highest BCUT2D eigenvalue weighted by atomic mass is 32.2. The minimum atomic E-state index is -3.49. The van der Waals surface area contributed by atoms with Gasteiger partial charge < -0.3 is 10.4 Å². The number of carboxylic acid groups (broad SMARTS) is 1. The summed E-state index contributed by atoms with van der Waals surface area (Å²) in [6.45, 7) is 2.25. The molecular weight excluding hydrogens is 320 g/mol. The van der Waals surface area contributed by atoms with Crippen molar-refractivity contribution in [2.75, 3.05) is 6.54 Å². The smallest absolute Gasteiger partial charge is 0.307 e. The molecule has 7 nitrogen and oxygen atoms in total. The number of carbonyl (C=O) groups excluding carboxylic acids is 1. The van der Waals surface area contributed by atoms with Crippen molar-refractivity contribution < 1.29 is 23.1 Å². The van der Waals surface area contributed by atoms with E-state index in [1.54, 1.807) is 19.1 Å². The quantitative estimate of drug-likeness (QED) is 0.677. The lowest BCUT2D eigenvalue weighted by Gasteiger charge is -2.31. The molecule has 0 aliphatic heterocycles. The van der Waals surface area contributed by atoms with Crippen LogP contribution in [0.3, 0.4) is 0 Å². The van der Waals surface area contributed by atoms with Crippen molar-refractivity contribution in [2.24, 2.45) is 11.8 Å². The number of aliphatic carboxylic acids is 1.